The highest BCUT2D eigenvalue weighted by atomic mass is 19.4. The molecular formula is C16H14F3N3O2. The summed E-state index contributed by atoms with van der Waals surface area (Å²) in [5, 5.41) is 17.2. The molecule has 2 aromatic rings. The molecule has 1 atom stereocenters. The number of hydrogen-bond donors (Lipinski definition) is 1. The third kappa shape index (κ3) is 2.56. The van der Waals surface area contributed by atoms with Gasteiger partial charge in [-0.25, -0.2) is 0 Å². The van der Waals surface area contributed by atoms with Crippen LogP contribution in [0.25, 0.3) is 11.1 Å². The summed E-state index contributed by atoms with van der Waals surface area (Å²) in [4.78, 5) is 4.23. The van der Waals surface area contributed by atoms with Gasteiger partial charge >= 0.3 is 12.0 Å². The fourth-order valence-corrected chi connectivity index (χ4v) is 2.61. The summed E-state index contributed by atoms with van der Waals surface area (Å²) < 4.78 is 40.1. The molecule has 5 nitrogen and oxygen atoms in total. The molecule has 0 saturated heterocycles. The molecular weight excluding hydrogens is 323 g/mol. The number of halogens is 3. The zero-order chi connectivity index (χ0) is 16.9. The normalized spacial score (nSPS) is 23.9. The van der Waals surface area contributed by atoms with Crippen molar-refractivity contribution in [2.75, 3.05) is 0 Å². The Kier molecular flexibility index (Phi) is 3.21. The van der Waals surface area contributed by atoms with Gasteiger partial charge in [0.15, 0.2) is 0 Å². The van der Waals surface area contributed by atoms with Crippen LogP contribution in [0.1, 0.15) is 30.9 Å². The number of nitrogens with zero attached hydrogens (tertiary/aromatic N) is 3. The lowest BCUT2D eigenvalue weighted by Crippen LogP contribution is -2.45. The van der Waals surface area contributed by atoms with Crippen LogP contribution in [0.2, 0.25) is 0 Å². The van der Waals surface area contributed by atoms with Gasteiger partial charge in [0, 0.05) is 11.8 Å². The molecule has 1 aromatic carbocycles. The monoisotopic (exact) mass is 337 g/mol. The van der Waals surface area contributed by atoms with E-state index in [4.69, 9.17) is 0 Å². The van der Waals surface area contributed by atoms with Crippen LogP contribution >= 0.6 is 0 Å². The Morgan fingerprint density at radius 1 is 1.12 bits per heavy atom. The van der Waals surface area contributed by atoms with E-state index < -0.39 is 18.4 Å². The van der Waals surface area contributed by atoms with Crippen molar-refractivity contribution in [2.24, 2.45) is 5.16 Å². The number of oxime groups is 1. The molecule has 0 bridgehead atoms. The molecule has 8 heteroatoms. The minimum absolute atomic E-state index is 0.0649. The Morgan fingerprint density at radius 3 is 2.38 bits per heavy atom. The smallest absolute Gasteiger partial charge is 0.350 e. The molecule has 1 aromatic heterocycles. The van der Waals surface area contributed by atoms with Crippen molar-refractivity contribution in [3.8, 4) is 11.1 Å². The van der Waals surface area contributed by atoms with Gasteiger partial charge in [-0.3, -0.25) is 4.68 Å². The van der Waals surface area contributed by atoms with Crippen LogP contribution < -0.4 is 0 Å². The topological polar surface area (TPSA) is 59.6 Å². The molecule has 1 aliphatic heterocycles. The van der Waals surface area contributed by atoms with Gasteiger partial charge in [-0.1, -0.05) is 29.4 Å². The summed E-state index contributed by atoms with van der Waals surface area (Å²) in [6, 6.07) is 7.39. The van der Waals surface area contributed by atoms with Crippen LogP contribution in [0.3, 0.4) is 0 Å². The number of alkyl halides is 3. The van der Waals surface area contributed by atoms with E-state index in [0.29, 0.717) is 11.6 Å². The third-order valence-corrected chi connectivity index (χ3v) is 4.23. The minimum Gasteiger partial charge on any atom is -0.350 e. The second kappa shape index (κ2) is 5.07. The predicted molar refractivity (Wildman–Crippen MR) is 79.2 cm³/mol. The van der Waals surface area contributed by atoms with E-state index in [1.165, 1.54) is 0 Å². The van der Waals surface area contributed by atoms with Gasteiger partial charge in [-0.15, -0.1) is 0 Å². The quantitative estimate of drug-likeness (QED) is 0.935. The Morgan fingerprint density at radius 2 is 1.79 bits per heavy atom. The summed E-state index contributed by atoms with van der Waals surface area (Å²) in [5.74, 6) is -3.24. The van der Waals surface area contributed by atoms with E-state index in [9.17, 15) is 18.3 Å². The second-order valence-corrected chi connectivity index (χ2v) is 6.11. The van der Waals surface area contributed by atoms with E-state index in [-0.39, 0.29) is 5.71 Å². The van der Waals surface area contributed by atoms with Gasteiger partial charge in [-0.05, 0) is 24.0 Å². The van der Waals surface area contributed by atoms with Gasteiger partial charge < -0.3 is 9.94 Å². The largest absolute Gasteiger partial charge is 0.458 e. The molecule has 1 aliphatic carbocycles. The fourth-order valence-electron chi connectivity index (χ4n) is 2.61. The van der Waals surface area contributed by atoms with E-state index >= 15 is 0 Å². The van der Waals surface area contributed by atoms with Crippen LogP contribution in [0.15, 0.2) is 41.8 Å². The van der Waals surface area contributed by atoms with Gasteiger partial charge in [0.1, 0.15) is 0 Å². The highest BCUT2D eigenvalue weighted by Crippen LogP contribution is 2.39. The third-order valence-electron chi connectivity index (χ3n) is 4.23. The van der Waals surface area contributed by atoms with Gasteiger partial charge in [0.2, 0.25) is 0 Å². The Balaban J connectivity index is 1.52. The number of rotatable bonds is 3. The van der Waals surface area contributed by atoms with Crippen molar-refractivity contribution in [2.45, 2.75) is 37.3 Å². The summed E-state index contributed by atoms with van der Waals surface area (Å²) in [6.07, 6.45) is 0.395. The molecule has 2 heterocycles. The molecule has 126 valence electrons. The molecule has 2 aliphatic rings. The van der Waals surface area contributed by atoms with Gasteiger partial charge in [0.05, 0.1) is 24.4 Å². The standard InChI is InChI=1S/C16H14F3N3O2/c17-16(18,19)15(23)7-14(21-24-15)11-3-1-10(2-4-11)12-8-20-22(9-12)13-5-6-13/h1-4,8-9,13,23H,5-7H2. The highest BCUT2D eigenvalue weighted by molar-refractivity contribution is 6.01. The van der Waals surface area contributed by atoms with Crippen molar-refractivity contribution in [3.63, 3.8) is 0 Å². The van der Waals surface area contributed by atoms with Crippen molar-refractivity contribution >= 4 is 5.71 Å². The molecule has 24 heavy (non-hydrogen) atoms. The Labute approximate surface area is 135 Å². The predicted octanol–water partition coefficient (Wildman–Crippen LogP) is 3.26. The van der Waals surface area contributed by atoms with Crippen molar-refractivity contribution in [3.05, 3.63) is 42.2 Å². The second-order valence-electron chi connectivity index (χ2n) is 6.11. The van der Waals surface area contributed by atoms with E-state index in [1.54, 1.807) is 30.5 Å². The van der Waals surface area contributed by atoms with Crippen molar-refractivity contribution < 1.29 is 23.1 Å². The average molecular weight is 337 g/mol. The number of benzene rings is 1. The fraction of sp³-hybridized carbons (Fsp3) is 0.375. The maximum absolute atomic E-state index is 12.7. The van der Waals surface area contributed by atoms with Crippen LogP contribution in [0, 0.1) is 0 Å². The van der Waals surface area contributed by atoms with E-state index in [0.717, 1.165) is 24.0 Å². The zero-order valence-corrected chi connectivity index (χ0v) is 12.5. The van der Waals surface area contributed by atoms with Crippen LogP contribution in [0.4, 0.5) is 13.2 Å². The molecule has 1 N–H and O–H groups in total. The molecule has 1 saturated carbocycles. The summed E-state index contributed by atoms with van der Waals surface area (Å²) in [7, 11) is 0. The Hall–Kier alpha value is -2.35. The highest BCUT2D eigenvalue weighted by Gasteiger charge is 2.60. The van der Waals surface area contributed by atoms with Crippen LogP contribution in [-0.2, 0) is 4.84 Å². The molecule has 0 amide bonds. The lowest BCUT2D eigenvalue weighted by Gasteiger charge is -2.22. The summed E-state index contributed by atoms with van der Waals surface area (Å²) in [5.41, 5.74) is 2.41. The summed E-state index contributed by atoms with van der Waals surface area (Å²) in [6.45, 7) is 0. The first kappa shape index (κ1) is 15.2. The number of hydrogen-bond acceptors (Lipinski definition) is 4. The first-order chi connectivity index (χ1) is 11.4. The van der Waals surface area contributed by atoms with Gasteiger partial charge in [0.25, 0.3) is 0 Å². The molecule has 0 spiro atoms. The van der Waals surface area contributed by atoms with Crippen LogP contribution in [0.5, 0.6) is 0 Å². The first-order valence-corrected chi connectivity index (χ1v) is 7.55. The van der Waals surface area contributed by atoms with Crippen molar-refractivity contribution in [1.82, 2.24) is 9.78 Å². The summed E-state index contributed by atoms with van der Waals surface area (Å²) >= 11 is 0. The Bertz CT molecular complexity index is 794. The number of aliphatic hydroxyl groups is 1. The maximum atomic E-state index is 12.7. The molecule has 1 fully saturated rings. The molecule has 1 unspecified atom stereocenters. The average Bonchev–Trinajstić information content (AvgIpc) is 3.12. The zero-order valence-electron chi connectivity index (χ0n) is 12.5. The van der Waals surface area contributed by atoms with Crippen LogP contribution in [-0.4, -0.2) is 32.6 Å². The van der Waals surface area contributed by atoms with E-state index in [2.05, 4.69) is 15.1 Å². The number of aromatic nitrogens is 2. The first-order valence-electron chi connectivity index (χ1n) is 7.55. The lowest BCUT2D eigenvalue weighted by atomic mass is 10.00. The van der Waals surface area contributed by atoms with E-state index in [1.807, 2.05) is 10.9 Å². The minimum atomic E-state index is -4.89. The molecule has 4 rings (SSSR count). The SMILES string of the molecule is OC1(C(F)(F)F)CC(c2ccc(-c3cnn(C4CC4)c3)cc2)=NO1. The van der Waals surface area contributed by atoms with Gasteiger partial charge in [-0.2, -0.15) is 18.3 Å². The molecule has 0 radical (unpaired) electrons. The maximum Gasteiger partial charge on any atom is 0.458 e. The van der Waals surface area contributed by atoms with Crippen molar-refractivity contribution in [1.29, 1.82) is 0 Å². The lowest BCUT2D eigenvalue weighted by molar-refractivity contribution is -0.355.